The van der Waals surface area contributed by atoms with Gasteiger partial charge in [-0.05, 0) is 36.4 Å². The number of carbonyl (C=O) groups excluding carboxylic acids is 1. The summed E-state index contributed by atoms with van der Waals surface area (Å²) < 4.78 is 0. The molecular weight excluding hydrogens is 300 g/mol. The molecule has 1 amide bonds. The zero-order valence-electron chi connectivity index (χ0n) is 12.1. The molecule has 1 aromatic heterocycles. The summed E-state index contributed by atoms with van der Waals surface area (Å²) in [7, 11) is 0. The van der Waals surface area contributed by atoms with Crippen molar-refractivity contribution in [2.45, 2.75) is 19.6 Å². The maximum absolute atomic E-state index is 11.8. The summed E-state index contributed by atoms with van der Waals surface area (Å²) in [6.45, 7) is 3.98. The highest BCUT2D eigenvalue weighted by molar-refractivity contribution is 7.99. The molecule has 1 heterocycles. The number of nitrogens with zero attached hydrogens (tertiary/aromatic N) is 1. The first-order chi connectivity index (χ1) is 10.2. The molecule has 0 atom stereocenters. The fourth-order valence-electron chi connectivity index (χ4n) is 1.74. The van der Waals surface area contributed by atoms with Gasteiger partial charge in [0.25, 0.3) is 0 Å². The summed E-state index contributed by atoms with van der Waals surface area (Å²) >= 11 is 3.21. The SMILES string of the molecule is C/C(=N/NC(=O)CSCc1ccccc1C)c1cccs1. The van der Waals surface area contributed by atoms with Crippen molar-refractivity contribution in [3.8, 4) is 0 Å². The standard InChI is InChI=1S/C16H18N2OS2/c1-12-6-3-4-7-14(12)10-20-11-16(19)18-17-13(2)15-8-5-9-21-15/h3-9H,10-11H2,1-2H3,(H,18,19)/b17-13-. The van der Waals surface area contributed by atoms with E-state index in [1.807, 2.05) is 36.6 Å². The molecule has 0 radical (unpaired) electrons. The average molecular weight is 318 g/mol. The van der Waals surface area contributed by atoms with Crippen LogP contribution < -0.4 is 5.43 Å². The molecule has 0 spiro atoms. The van der Waals surface area contributed by atoms with Crippen LogP contribution in [-0.4, -0.2) is 17.4 Å². The van der Waals surface area contributed by atoms with E-state index in [-0.39, 0.29) is 5.91 Å². The van der Waals surface area contributed by atoms with Crippen molar-refractivity contribution in [1.82, 2.24) is 5.43 Å². The minimum Gasteiger partial charge on any atom is -0.272 e. The van der Waals surface area contributed by atoms with Gasteiger partial charge in [-0.1, -0.05) is 30.3 Å². The Morgan fingerprint density at radius 3 is 2.81 bits per heavy atom. The number of thioether (sulfide) groups is 1. The second-order valence-electron chi connectivity index (χ2n) is 4.63. The normalized spacial score (nSPS) is 11.4. The van der Waals surface area contributed by atoms with Gasteiger partial charge in [-0.3, -0.25) is 4.79 Å². The van der Waals surface area contributed by atoms with Crippen LogP contribution in [-0.2, 0) is 10.5 Å². The lowest BCUT2D eigenvalue weighted by Gasteiger charge is -2.05. The van der Waals surface area contributed by atoms with Gasteiger partial charge in [0.2, 0.25) is 5.91 Å². The van der Waals surface area contributed by atoms with Crippen LogP contribution in [0.1, 0.15) is 22.9 Å². The van der Waals surface area contributed by atoms with Crippen molar-refractivity contribution < 1.29 is 4.79 Å². The van der Waals surface area contributed by atoms with E-state index in [4.69, 9.17) is 0 Å². The summed E-state index contributed by atoms with van der Waals surface area (Å²) in [6, 6.07) is 12.2. The van der Waals surface area contributed by atoms with Crippen molar-refractivity contribution >= 4 is 34.7 Å². The molecular formula is C16H18N2OS2. The van der Waals surface area contributed by atoms with E-state index in [2.05, 4.69) is 29.6 Å². The maximum atomic E-state index is 11.8. The first-order valence-electron chi connectivity index (χ1n) is 6.66. The van der Waals surface area contributed by atoms with E-state index < -0.39 is 0 Å². The Labute approximate surface area is 133 Å². The van der Waals surface area contributed by atoms with Crippen molar-refractivity contribution in [3.63, 3.8) is 0 Å². The highest BCUT2D eigenvalue weighted by Gasteiger charge is 2.03. The monoisotopic (exact) mass is 318 g/mol. The second kappa shape index (κ2) is 8.00. The number of hydrogen-bond acceptors (Lipinski definition) is 4. The third-order valence-electron chi connectivity index (χ3n) is 2.98. The van der Waals surface area contributed by atoms with Crippen LogP contribution in [0.25, 0.3) is 0 Å². The van der Waals surface area contributed by atoms with E-state index in [1.54, 1.807) is 23.1 Å². The lowest BCUT2D eigenvalue weighted by Crippen LogP contribution is -2.21. The van der Waals surface area contributed by atoms with Gasteiger partial charge in [-0.15, -0.1) is 23.1 Å². The number of rotatable bonds is 6. The Hall–Kier alpha value is -1.59. The van der Waals surface area contributed by atoms with E-state index >= 15 is 0 Å². The van der Waals surface area contributed by atoms with E-state index in [0.717, 1.165) is 16.3 Å². The molecule has 5 heteroatoms. The Bertz CT molecular complexity index is 621. The summed E-state index contributed by atoms with van der Waals surface area (Å²) in [5.74, 6) is 1.19. The smallest absolute Gasteiger partial charge is 0.250 e. The van der Waals surface area contributed by atoms with Gasteiger partial charge in [0.15, 0.2) is 0 Å². The molecule has 2 rings (SSSR count). The van der Waals surface area contributed by atoms with Crippen LogP contribution in [0.4, 0.5) is 0 Å². The first kappa shape index (κ1) is 15.8. The Morgan fingerprint density at radius 2 is 2.10 bits per heavy atom. The second-order valence-corrected chi connectivity index (χ2v) is 6.56. The van der Waals surface area contributed by atoms with Gasteiger partial charge in [0.05, 0.1) is 11.5 Å². The summed E-state index contributed by atoms with van der Waals surface area (Å²) in [6.07, 6.45) is 0. The van der Waals surface area contributed by atoms with Crippen LogP contribution in [0.2, 0.25) is 0 Å². The Kier molecular flexibility index (Phi) is 6.02. The summed E-state index contributed by atoms with van der Waals surface area (Å²) in [5.41, 5.74) is 5.97. The molecule has 21 heavy (non-hydrogen) atoms. The predicted octanol–water partition coefficient (Wildman–Crippen LogP) is 3.83. The molecule has 0 aliphatic heterocycles. The number of hydrazone groups is 1. The van der Waals surface area contributed by atoms with E-state index in [1.165, 1.54) is 11.1 Å². The minimum absolute atomic E-state index is 0.0653. The zero-order valence-corrected chi connectivity index (χ0v) is 13.8. The van der Waals surface area contributed by atoms with Gasteiger partial charge >= 0.3 is 0 Å². The van der Waals surface area contributed by atoms with Gasteiger partial charge in [0.1, 0.15) is 0 Å². The molecule has 110 valence electrons. The Morgan fingerprint density at radius 1 is 1.29 bits per heavy atom. The topological polar surface area (TPSA) is 41.5 Å². The van der Waals surface area contributed by atoms with Crippen molar-refractivity contribution in [2.75, 3.05) is 5.75 Å². The third-order valence-corrected chi connectivity index (χ3v) is 4.94. The maximum Gasteiger partial charge on any atom is 0.250 e. The van der Waals surface area contributed by atoms with E-state index in [9.17, 15) is 4.79 Å². The van der Waals surface area contributed by atoms with Crippen LogP contribution in [0, 0.1) is 6.92 Å². The minimum atomic E-state index is -0.0653. The number of thiophene rings is 1. The van der Waals surface area contributed by atoms with Crippen LogP contribution in [0.3, 0.4) is 0 Å². The van der Waals surface area contributed by atoms with Gasteiger partial charge in [-0.2, -0.15) is 5.10 Å². The number of carbonyl (C=O) groups is 1. The van der Waals surface area contributed by atoms with Gasteiger partial charge in [-0.25, -0.2) is 5.43 Å². The first-order valence-corrected chi connectivity index (χ1v) is 8.69. The molecule has 2 aromatic rings. The molecule has 0 aliphatic carbocycles. The molecule has 1 aromatic carbocycles. The molecule has 0 saturated carbocycles. The number of amides is 1. The molecule has 0 saturated heterocycles. The zero-order chi connectivity index (χ0) is 15.1. The van der Waals surface area contributed by atoms with E-state index in [0.29, 0.717) is 5.75 Å². The van der Waals surface area contributed by atoms with Crippen LogP contribution >= 0.6 is 23.1 Å². The van der Waals surface area contributed by atoms with Crippen molar-refractivity contribution in [3.05, 3.63) is 57.8 Å². The summed E-state index contributed by atoms with van der Waals surface area (Å²) in [5, 5.41) is 6.12. The lowest BCUT2D eigenvalue weighted by atomic mass is 10.1. The van der Waals surface area contributed by atoms with Crippen LogP contribution in [0.15, 0.2) is 46.9 Å². The number of hydrogen-bond donors (Lipinski definition) is 1. The number of aryl methyl sites for hydroxylation is 1. The molecule has 0 bridgehead atoms. The van der Waals surface area contributed by atoms with Gasteiger partial charge in [0, 0.05) is 10.6 Å². The highest BCUT2D eigenvalue weighted by Crippen LogP contribution is 2.15. The molecule has 0 fully saturated rings. The van der Waals surface area contributed by atoms with Gasteiger partial charge < -0.3 is 0 Å². The largest absolute Gasteiger partial charge is 0.272 e. The molecule has 1 N–H and O–H groups in total. The molecule has 0 unspecified atom stereocenters. The fourth-order valence-corrected chi connectivity index (χ4v) is 3.32. The predicted molar refractivity (Wildman–Crippen MR) is 92.0 cm³/mol. The van der Waals surface area contributed by atoms with Crippen molar-refractivity contribution in [1.29, 1.82) is 0 Å². The van der Waals surface area contributed by atoms with Crippen LogP contribution in [0.5, 0.6) is 0 Å². The summed E-state index contributed by atoms with van der Waals surface area (Å²) in [4.78, 5) is 12.8. The Balaban J connectivity index is 1.75. The highest BCUT2D eigenvalue weighted by atomic mass is 32.2. The lowest BCUT2D eigenvalue weighted by molar-refractivity contribution is -0.118. The number of benzene rings is 1. The third kappa shape index (κ3) is 5.02. The fraction of sp³-hybridized carbons (Fsp3) is 0.250. The average Bonchev–Trinajstić information content (AvgIpc) is 3.01. The number of nitrogens with one attached hydrogen (secondary N) is 1. The van der Waals surface area contributed by atoms with Crippen molar-refractivity contribution in [2.24, 2.45) is 5.10 Å². The molecule has 3 nitrogen and oxygen atoms in total. The molecule has 0 aliphatic rings. The quantitative estimate of drug-likeness (QED) is 0.649.